The van der Waals surface area contributed by atoms with Gasteiger partial charge in [0.15, 0.2) is 0 Å². The highest BCUT2D eigenvalue weighted by Crippen LogP contribution is 2.26. The van der Waals surface area contributed by atoms with Crippen molar-refractivity contribution in [2.24, 2.45) is 0 Å². The second-order valence-electron chi connectivity index (χ2n) is 8.12. The molecule has 0 N–H and O–H groups in total. The van der Waals surface area contributed by atoms with Gasteiger partial charge in [-0.3, -0.25) is 24.2 Å². The number of piperazine rings is 1. The number of imide groups is 1. The summed E-state index contributed by atoms with van der Waals surface area (Å²) in [6.07, 6.45) is 0. The van der Waals surface area contributed by atoms with Crippen LogP contribution in [-0.4, -0.2) is 64.6 Å². The van der Waals surface area contributed by atoms with E-state index < -0.39 is 17.9 Å². The van der Waals surface area contributed by atoms with Gasteiger partial charge in [-0.15, -0.1) is 0 Å². The zero-order valence-corrected chi connectivity index (χ0v) is 17.7. The fourth-order valence-corrected chi connectivity index (χ4v) is 4.17. The van der Waals surface area contributed by atoms with Crippen LogP contribution >= 0.6 is 0 Å². The number of aryl methyl sites for hydroxylation is 1. The number of hydrogen-bond acceptors (Lipinski definition) is 5. The van der Waals surface area contributed by atoms with Gasteiger partial charge in [0.25, 0.3) is 11.8 Å². The van der Waals surface area contributed by atoms with Gasteiger partial charge in [0.05, 0.1) is 22.8 Å². The molecule has 2 aliphatic heterocycles. The first kappa shape index (κ1) is 20.8. The topological polar surface area (TPSA) is 84.7 Å². The largest absolute Gasteiger partial charge is 0.338 e. The van der Waals surface area contributed by atoms with E-state index in [1.807, 2.05) is 19.1 Å². The van der Waals surface area contributed by atoms with Gasteiger partial charge in [-0.05, 0) is 43.7 Å². The third-order valence-corrected chi connectivity index (χ3v) is 5.99. The van der Waals surface area contributed by atoms with E-state index in [0.29, 0.717) is 42.9 Å². The Morgan fingerprint density at radius 1 is 1.00 bits per heavy atom. The molecule has 0 spiro atoms. The Balaban J connectivity index is 1.37. The Hall–Kier alpha value is -3.50. The van der Waals surface area contributed by atoms with Crippen molar-refractivity contribution in [3.05, 3.63) is 70.3 Å². The highest BCUT2D eigenvalue weighted by molar-refractivity contribution is 6.22. The number of fused-ring (bicyclic) bond motifs is 1. The summed E-state index contributed by atoms with van der Waals surface area (Å²) in [7, 11) is 0. The number of nitrogens with zero attached hydrogens (tertiary/aromatic N) is 4. The molecule has 4 rings (SSSR count). The molecule has 1 fully saturated rings. The molecule has 2 aliphatic rings. The first-order valence-corrected chi connectivity index (χ1v) is 10.4. The molecule has 2 aromatic carbocycles. The lowest BCUT2D eigenvalue weighted by atomic mass is 10.1. The number of amides is 3. The van der Waals surface area contributed by atoms with Gasteiger partial charge in [-0.25, -0.2) is 0 Å². The summed E-state index contributed by atoms with van der Waals surface area (Å²) in [6, 6.07) is 13.9. The SMILES string of the molecule is Cc1ccc2c(c1)C(=O)N([C@H](C)C(=O)N1CCN(Cc3ccc(C#N)cc3)CC1)C2=O. The predicted octanol–water partition coefficient (Wildman–Crippen LogP) is 2.20. The summed E-state index contributed by atoms with van der Waals surface area (Å²) < 4.78 is 0. The highest BCUT2D eigenvalue weighted by Gasteiger charge is 2.42. The van der Waals surface area contributed by atoms with Crippen molar-refractivity contribution in [3.8, 4) is 6.07 Å². The van der Waals surface area contributed by atoms with Crippen LogP contribution in [0.5, 0.6) is 0 Å². The van der Waals surface area contributed by atoms with Crippen LogP contribution in [0.2, 0.25) is 0 Å². The Morgan fingerprint density at radius 2 is 1.65 bits per heavy atom. The molecule has 0 bridgehead atoms. The number of benzene rings is 2. The van der Waals surface area contributed by atoms with Crippen LogP contribution in [0.1, 0.15) is 44.3 Å². The fourth-order valence-electron chi connectivity index (χ4n) is 4.17. The average Bonchev–Trinajstić information content (AvgIpc) is 3.03. The molecule has 0 aliphatic carbocycles. The molecule has 0 unspecified atom stereocenters. The van der Waals surface area contributed by atoms with Crippen LogP contribution in [0.15, 0.2) is 42.5 Å². The first-order valence-electron chi connectivity index (χ1n) is 10.4. The summed E-state index contributed by atoms with van der Waals surface area (Å²) in [6.45, 7) is 6.75. The lowest BCUT2D eigenvalue weighted by Crippen LogP contribution is -2.55. The van der Waals surface area contributed by atoms with E-state index in [0.717, 1.165) is 22.6 Å². The summed E-state index contributed by atoms with van der Waals surface area (Å²) in [4.78, 5) is 43.7. The zero-order valence-electron chi connectivity index (χ0n) is 17.7. The smallest absolute Gasteiger partial charge is 0.262 e. The van der Waals surface area contributed by atoms with Crippen molar-refractivity contribution in [1.82, 2.24) is 14.7 Å². The highest BCUT2D eigenvalue weighted by atomic mass is 16.2. The van der Waals surface area contributed by atoms with E-state index in [9.17, 15) is 14.4 Å². The quantitative estimate of drug-likeness (QED) is 0.714. The molecular formula is C24H24N4O3. The van der Waals surface area contributed by atoms with Crippen molar-refractivity contribution in [3.63, 3.8) is 0 Å². The molecule has 0 saturated carbocycles. The number of nitriles is 1. The number of carbonyl (C=O) groups is 3. The maximum atomic E-state index is 13.1. The van der Waals surface area contributed by atoms with Gasteiger partial charge in [0.2, 0.25) is 5.91 Å². The van der Waals surface area contributed by atoms with Crippen LogP contribution < -0.4 is 0 Å². The van der Waals surface area contributed by atoms with Crippen LogP contribution in [-0.2, 0) is 11.3 Å². The molecule has 31 heavy (non-hydrogen) atoms. The number of hydrogen-bond donors (Lipinski definition) is 0. The predicted molar refractivity (Wildman–Crippen MR) is 114 cm³/mol. The van der Waals surface area contributed by atoms with E-state index in [1.54, 1.807) is 42.2 Å². The maximum Gasteiger partial charge on any atom is 0.262 e. The lowest BCUT2D eigenvalue weighted by molar-refractivity contribution is -0.136. The van der Waals surface area contributed by atoms with E-state index in [4.69, 9.17) is 5.26 Å². The average molecular weight is 416 g/mol. The lowest BCUT2D eigenvalue weighted by Gasteiger charge is -2.37. The van der Waals surface area contributed by atoms with E-state index >= 15 is 0 Å². The summed E-state index contributed by atoms with van der Waals surface area (Å²) in [5.74, 6) is -1.01. The Morgan fingerprint density at radius 3 is 2.29 bits per heavy atom. The second-order valence-corrected chi connectivity index (χ2v) is 8.12. The molecule has 7 nitrogen and oxygen atoms in total. The third kappa shape index (κ3) is 3.94. The van der Waals surface area contributed by atoms with Gasteiger partial charge in [-0.2, -0.15) is 5.26 Å². The Labute approximate surface area is 181 Å². The normalized spacial score (nSPS) is 17.5. The van der Waals surface area contributed by atoms with Crippen molar-refractivity contribution in [2.75, 3.05) is 26.2 Å². The van der Waals surface area contributed by atoms with Crippen LogP contribution in [0, 0.1) is 18.3 Å². The van der Waals surface area contributed by atoms with Gasteiger partial charge >= 0.3 is 0 Å². The Bertz CT molecular complexity index is 1080. The zero-order chi connectivity index (χ0) is 22.1. The minimum Gasteiger partial charge on any atom is -0.338 e. The number of rotatable bonds is 4. The summed E-state index contributed by atoms with van der Waals surface area (Å²) in [5, 5.41) is 8.91. The maximum absolute atomic E-state index is 13.1. The molecule has 3 amide bonds. The van der Waals surface area contributed by atoms with Crippen molar-refractivity contribution in [2.45, 2.75) is 26.4 Å². The van der Waals surface area contributed by atoms with Gasteiger partial charge in [0, 0.05) is 32.7 Å². The van der Waals surface area contributed by atoms with Crippen LogP contribution in [0.25, 0.3) is 0 Å². The van der Waals surface area contributed by atoms with E-state index in [-0.39, 0.29) is 5.91 Å². The third-order valence-electron chi connectivity index (χ3n) is 5.99. The molecule has 2 heterocycles. The summed E-state index contributed by atoms with van der Waals surface area (Å²) >= 11 is 0. The Kier molecular flexibility index (Phi) is 5.57. The van der Waals surface area contributed by atoms with Crippen molar-refractivity contribution >= 4 is 17.7 Å². The molecule has 158 valence electrons. The molecule has 1 atom stereocenters. The molecule has 0 aromatic heterocycles. The van der Waals surface area contributed by atoms with Crippen LogP contribution in [0.3, 0.4) is 0 Å². The number of carbonyl (C=O) groups excluding carboxylic acids is 3. The molecular weight excluding hydrogens is 392 g/mol. The molecule has 0 radical (unpaired) electrons. The fraction of sp³-hybridized carbons (Fsp3) is 0.333. The standard InChI is InChI=1S/C24H24N4O3/c1-16-3-8-20-21(13-16)24(31)28(23(20)30)17(2)22(29)27-11-9-26(10-12-27)15-19-6-4-18(14-25)5-7-19/h3-8,13,17H,9-12,15H2,1-2H3/t17-/m1/s1. The van der Waals surface area contributed by atoms with E-state index in [2.05, 4.69) is 11.0 Å². The van der Waals surface area contributed by atoms with E-state index in [1.165, 1.54) is 0 Å². The van der Waals surface area contributed by atoms with Gasteiger partial charge < -0.3 is 4.90 Å². The molecule has 7 heteroatoms. The van der Waals surface area contributed by atoms with Gasteiger partial charge in [-0.1, -0.05) is 23.8 Å². The minimum atomic E-state index is -0.835. The van der Waals surface area contributed by atoms with Crippen LogP contribution in [0.4, 0.5) is 0 Å². The summed E-state index contributed by atoms with van der Waals surface area (Å²) in [5.41, 5.74) is 3.39. The molecule has 2 aromatic rings. The monoisotopic (exact) mass is 416 g/mol. The minimum absolute atomic E-state index is 0.204. The van der Waals surface area contributed by atoms with Crippen molar-refractivity contribution < 1.29 is 14.4 Å². The first-order chi connectivity index (χ1) is 14.9. The second kappa shape index (κ2) is 8.32. The van der Waals surface area contributed by atoms with Crippen molar-refractivity contribution in [1.29, 1.82) is 5.26 Å². The molecule has 1 saturated heterocycles. The van der Waals surface area contributed by atoms with Gasteiger partial charge in [0.1, 0.15) is 6.04 Å².